The van der Waals surface area contributed by atoms with E-state index in [-0.39, 0.29) is 11.3 Å². The predicted octanol–water partition coefficient (Wildman–Crippen LogP) is 4.28. The van der Waals surface area contributed by atoms with E-state index in [2.05, 4.69) is 26.1 Å². The summed E-state index contributed by atoms with van der Waals surface area (Å²) in [7, 11) is 0. The average Bonchev–Trinajstić information content (AvgIpc) is 2.49. The highest BCUT2D eigenvalue weighted by molar-refractivity contribution is 5.94. The van der Waals surface area contributed by atoms with Gasteiger partial charge in [0, 0.05) is 11.4 Å². The van der Waals surface area contributed by atoms with E-state index in [0.29, 0.717) is 11.4 Å². The second-order valence-corrected chi connectivity index (χ2v) is 7.10. The second-order valence-electron chi connectivity index (χ2n) is 7.10. The zero-order valence-electron chi connectivity index (χ0n) is 15.0. The summed E-state index contributed by atoms with van der Waals surface area (Å²) in [4.78, 5) is 12.3. The van der Waals surface area contributed by atoms with Crippen molar-refractivity contribution >= 4 is 17.3 Å². The zero-order chi connectivity index (χ0) is 17.9. The third-order valence-corrected chi connectivity index (χ3v) is 3.91. The minimum absolute atomic E-state index is 0.0915. The van der Waals surface area contributed by atoms with Crippen LogP contribution in [0.25, 0.3) is 0 Å². The molecule has 0 unspecified atom stereocenters. The molecule has 128 valence electrons. The molecule has 2 rings (SSSR count). The van der Waals surface area contributed by atoms with E-state index in [1.807, 2.05) is 37.3 Å². The number of hydrogen-bond acceptors (Lipinski definition) is 3. The van der Waals surface area contributed by atoms with Gasteiger partial charge in [-0.3, -0.25) is 4.79 Å². The van der Waals surface area contributed by atoms with Gasteiger partial charge in [-0.05, 0) is 60.7 Å². The van der Waals surface area contributed by atoms with E-state index in [1.165, 1.54) is 5.56 Å². The number of hydrogen-bond donors (Lipinski definition) is 2. The van der Waals surface area contributed by atoms with Gasteiger partial charge in [0.1, 0.15) is 5.75 Å². The lowest BCUT2D eigenvalue weighted by atomic mass is 9.87. The molecule has 0 aliphatic rings. The summed E-state index contributed by atoms with van der Waals surface area (Å²) in [6, 6.07) is 13.3. The van der Waals surface area contributed by atoms with Crippen LogP contribution in [0.1, 0.15) is 38.8 Å². The van der Waals surface area contributed by atoms with Crippen LogP contribution >= 0.6 is 0 Å². The molecular formula is C20H26N2O2. The van der Waals surface area contributed by atoms with Crippen LogP contribution in [0.3, 0.4) is 0 Å². The fourth-order valence-electron chi connectivity index (χ4n) is 2.35. The maximum Gasteiger partial charge on any atom is 0.265 e. The Labute approximate surface area is 144 Å². The van der Waals surface area contributed by atoms with Gasteiger partial charge < -0.3 is 15.8 Å². The van der Waals surface area contributed by atoms with Crippen molar-refractivity contribution in [3.05, 3.63) is 53.6 Å². The fourth-order valence-corrected chi connectivity index (χ4v) is 2.35. The topological polar surface area (TPSA) is 64.3 Å². The van der Waals surface area contributed by atoms with Crippen LogP contribution in [0.2, 0.25) is 0 Å². The van der Waals surface area contributed by atoms with Gasteiger partial charge in [0.25, 0.3) is 5.91 Å². The first kappa shape index (κ1) is 17.9. The number of amides is 1. The van der Waals surface area contributed by atoms with Crippen LogP contribution < -0.4 is 15.8 Å². The number of aryl methyl sites for hydroxylation is 1. The van der Waals surface area contributed by atoms with E-state index < -0.39 is 6.10 Å². The van der Waals surface area contributed by atoms with Crippen molar-refractivity contribution < 1.29 is 9.53 Å². The molecule has 0 saturated carbocycles. The Balaban J connectivity index is 2.01. The van der Waals surface area contributed by atoms with Crippen molar-refractivity contribution in [1.82, 2.24) is 0 Å². The van der Waals surface area contributed by atoms with Gasteiger partial charge >= 0.3 is 0 Å². The number of nitrogen functional groups attached to an aromatic ring is 1. The van der Waals surface area contributed by atoms with Crippen molar-refractivity contribution in [2.45, 2.75) is 46.1 Å². The Morgan fingerprint density at radius 1 is 1.12 bits per heavy atom. The van der Waals surface area contributed by atoms with Crippen molar-refractivity contribution in [2.75, 3.05) is 11.1 Å². The molecule has 1 atom stereocenters. The van der Waals surface area contributed by atoms with Gasteiger partial charge in [0.2, 0.25) is 0 Å². The smallest absolute Gasteiger partial charge is 0.265 e. The summed E-state index contributed by atoms with van der Waals surface area (Å²) in [6.07, 6.45) is -0.595. The number of carbonyl (C=O) groups excluding carboxylic acids is 1. The van der Waals surface area contributed by atoms with Crippen LogP contribution in [0.15, 0.2) is 42.5 Å². The molecule has 4 heteroatoms. The molecule has 24 heavy (non-hydrogen) atoms. The molecule has 3 N–H and O–H groups in total. The Morgan fingerprint density at radius 2 is 1.75 bits per heavy atom. The minimum Gasteiger partial charge on any atom is -0.481 e. The van der Waals surface area contributed by atoms with E-state index >= 15 is 0 Å². The lowest BCUT2D eigenvalue weighted by Crippen LogP contribution is -2.30. The number of ether oxygens (including phenoxy) is 1. The fraction of sp³-hybridized carbons (Fsp3) is 0.350. The molecule has 2 aromatic carbocycles. The monoisotopic (exact) mass is 326 g/mol. The van der Waals surface area contributed by atoms with E-state index in [9.17, 15) is 4.79 Å². The molecule has 0 fully saturated rings. The molecule has 0 aromatic heterocycles. The SMILES string of the molecule is Cc1cc(N)ccc1NC(=O)[C@@H](C)Oc1ccc(C(C)(C)C)cc1. The van der Waals surface area contributed by atoms with Crippen LogP contribution in [-0.4, -0.2) is 12.0 Å². The Hall–Kier alpha value is -2.49. The van der Waals surface area contributed by atoms with Gasteiger partial charge in [0.05, 0.1) is 0 Å². The molecule has 2 aromatic rings. The van der Waals surface area contributed by atoms with Crippen molar-refractivity contribution in [3.63, 3.8) is 0 Å². The number of nitrogens with one attached hydrogen (secondary N) is 1. The van der Waals surface area contributed by atoms with Gasteiger partial charge in [-0.25, -0.2) is 0 Å². The van der Waals surface area contributed by atoms with Gasteiger partial charge in [-0.1, -0.05) is 32.9 Å². The quantitative estimate of drug-likeness (QED) is 0.824. The van der Waals surface area contributed by atoms with Gasteiger partial charge in [0.15, 0.2) is 6.10 Å². The molecule has 0 saturated heterocycles. The maximum atomic E-state index is 12.3. The molecule has 0 bridgehead atoms. The van der Waals surface area contributed by atoms with Crippen molar-refractivity contribution in [3.8, 4) is 5.75 Å². The van der Waals surface area contributed by atoms with E-state index in [4.69, 9.17) is 10.5 Å². The highest BCUT2D eigenvalue weighted by atomic mass is 16.5. The number of anilines is 2. The lowest BCUT2D eigenvalue weighted by molar-refractivity contribution is -0.122. The molecule has 4 nitrogen and oxygen atoms in total. The van der Waals surface area contributed by atoms with E-state index in [0.717, 1.165) is 11.3 Å². The van der Waals surface area contributed by atoms with Gasteiger partial charge in [-0.2, -0.15) is 0 Å². The average molecular weight is 326 g/mol. The number of benzene rings is 2. The van der Waals surface area contributed by atoms with Crippen LogP contribution in [0.4, 0.5) is 11.4 Å². The summed E-state index contributed by atoms with van der Waals surface area (Å²) in [5, 5.41) is 2.87. The largest absolute Gasteiger partial charge is 0.481 e. The summed E-state index contributed by atoms with van der Waals surface area (Å²) < 4.78 is 5.74. The van der Waals surface area contributed by atoms with E-state index in [1.54, 1.807) is 19.1 Å². The Morgan fingerprint density at radius 3 is 2.29 bits per heavy atom. The highest BCUT2D eigenvalue weighted by Crippen LogP contribution is 2.25. The molecular weight excluding hydrogens is 300 g/mol. The number of nitrogens with two attached hydrogens (primary N) is 1. The summed E-state index contributed by atoms with van der Waals surface area (Å²) in [5.74, 6) is 0.488. The number of carbonyl (C=O) groups is 1. The molecule has 0 radical (unpaired) electrons. The maximum absolute atomic E-state index is 12.3. The summed E-state index contributed by atoms with van der Waals surface area (Å²) in [5.41, 5.74) is 9.38. The van der Waals surface area contributed by atoms with Crippen LogP contribution in [-0.2, 0) is 10.2 Å². The minimum atomic E-state index is -0.595. The van der Waals surface area contributed by atoms with Crippen LogP contribution in [0.5, 0.6) is 5.75 Å². The molecule has 0 heterocycles. The van der Waals surface area contributed by atoms with Gasteiger partial charge in [-0.15, -0.1) is 0 Å². The Bertz CT molecular complexity index is 715. The second kappa shape index (κ2) is 6.95. The lowest BCUT2D eigenvalue weighted by Gasteiger charge is -2.20. The third-order valence-electron chi connectivity index (χ3n) is 3.91. The standard InChI is InChI=1S/C20H26N2O2/c1-13-12-16(21)8-11-18(13)22-19(23)14(2)24-17-9-6-15(7-10-17)20(3,4)5/h6-12,14H,21H2,1-5H3,(H,22,23)/t14-/m1/s1. The van der Waals surface area contributed by atoms with Crippen LogP contribution in [0, 0.1) is 6.92 Å². The van der Waals surface area contributed by atoms with Crippen molar-refractivity contribution in [2.24, 2.45) is 0 Å². The normalized spacial score (nSPS) is 12.5. The summed E-state index contributed by atoms with van der Waals surface area (Å²) in [6.45, 7) is 10.1. The third kappa shape index (κ3) is 4.51. The first-order chi connectivity index (χ1) is 11.2. The first-order valence-corrected chi connectivity index (χ1v) is 8.11. The predicted molar refractivity (Wildman–Crippen MR) is 99.5 cm³/mol. The molecule has 0 spiro atoms. The summed E-state index contributed by atoms with van der Waals surface area (Å²) >= 11 is 0. The number of rotatable bonds is 4. The zero-order valence-corrected chi connectivity index (χ0v) is 15.0. The molecule has 1 amide bonds. The van der Waals surface area contributed by atoms with Crippen molar-refractivity contribution in [1.29, 1.82) is 0 Å². The Kier molecular flexibility index (Phi) is 5.17. The highest BCUT2D eigenvalue weighted by Gasteiger charge is 2.17. The molecule has 0 aliphatic heterocycles. The molecule has 0 aliphatic carbocycles. The first-order valence-electron chi connectivity index (χ1n) is 8.11.